The molecule has 2 aromatic rings. The SMILES string of the molecule is COCCCN1C(=O)C(=O)/C(=C(\O)c2ccc([N+](=O)[O-])cc2)C1c1ccc(N(C)C)cc1. The molecule has 2 aromatic carbocycles. The van der Waals surface area contributed by atoms with Gasteiger partial charge in [-0.05, 0) is 36.2 Å². The molecule has 3 rings (SSSR count). The molecular formula is C23H25N3O6. The van der Waals surface area contributed by atoms with Crippen LogP contribution >= 0.6 is 0 Å². The Morgan fingerprint density at radius 1 is 1.12 bits per heavy atom. The number of benzene rings is 2. The molecule has 32 heavy (non-hydrogen) atoms. The van der Waals surface area contributed by atoms with E-state index in [1.54, 1.807) is 7.11 Å². The zero-order valence-corrected chi connectivity index (χ0v) is 18.1. The molecule has 0 radical (unpaired) electrons. The minimum Gasteiger partial charge on any atom is -0.507 e. The highest BCUT2D eigenvalue weighted by molar-refractivity contribution is 6.46. The summed E-state index contributed by atoms with van der Waals surface area (Å²) in [7, 11) is 5.36. The molecule has 1 atom stereocenters. The van der Waals surface area contributed by atoms with Gasteiger partial charge in [-0.1, -0.05) is 12.1 Å². The summed E-state index contributed by atoms with van der Waals surface area (Å²) in [5.41, 5.74) is 1.66. The molecule has 0 saturated carbocycles. The zero-order valence-electron chi connectivity index (χ0n) is 18.1. The Kier molecular flexibility index (Phi) is 6.89. The number of hydrogen-bond donors (Lipinski definition) is 1. The third kappa shape index (κ3) is 4.47. The van der Waals surface area contributed by atoms with Crippen molar-refractivity contribution in [2.45, 2.75) is 12.5 Å². The van der Waals surface area contributed by atoms with E-state index in [1.807, 2.05) is 43.3 Å². The van der Waals surface area contributed by atoms with Gasteiger partial charge in [0.1, 0.15) is 5.76 Å². The monoisotopic (exact) mass is 439 g/mol. The highest BCUT2D eigenvalue weighted by Gasteiger charge is 2.45. The third-order valence-corrected chi connectivity index (χ3v) is 5.36. The van der Waals surface area contributed by atoms with Crippen LogP contribution in [0.5, 0.6) is 0 Å². The first-order valence-electron chi connectivity index (χ1n) is 10.1. The lowest BCUT2D eigenvalue weighted by Crippen LogP contribution is -2.31. The first-order valence-corrected chi connectivity index (χ1v) is 10.1. The molecule has 0 aliphatic carbocycles. The second-order valence-corrected chi connectivity index (χ2v) is 7.63. The Balaban J connectivity index is 2.09. The molecule has 1 heterocycles. The molecule has 1 aliphatic rings. The maximum Gasteiger partial charge on any atom is 0.295 e. The summed E-state index contributed by atoms with van der Waals surface area (Å²) in [6.45, 7) is 0.688. The highest BCUT2D eigenvalue weighted by Crippen LogP contribution is 2.40. The Morgan fingerprint density at radius 3 is 2.28 bits per heavy atom. The molecule has 1 fully saturated rings. The number of carbonyl (C=O) groups excluding carboxylic acids is 2. The van der Waals surface area contributed by atoms with E-state index in [2.05, 4.69) is 0 Å². The fourth-order valence-electron chi connectivity index (χ4n) is 3.69. The van der Waals surface area contributed by atoms with Gasteiger partial charge in [-0.15, -0.1) is 0 Å². The smallest absolute Gasteiger partial charge is 0.295 e. The first-order chi connectivity index (χ1) is 15.3. The number of hydrogen-bond acceptors (Lipinski definition) is 7. The maximum atomic E-state index is 12.9. The van der Waals surface area contributed by atoms with E-state index in [9.17, 15) is 24.8 Å². The van der Waals surface area contributed by atoms with Crippen molar-refractivity contribution in [3.63, 3.8) is 0 Å². The summed E-state index contributed by atoms with van der Waals surface area (Å²) in [6.07, 6.45) is 0.521. The number of aliphatic hydroxyl groups is 1. The maximum absolute atomic E-state index is 12.9. The Labute approximate surface area is 185 Å². The number of nitro groups is 1. The van der Waals surface area contributed by atoms with Gasteiger partial charge in [0.15, 0.2) is 0 Å². The van der Waals surface area contributed by atoms with Crippen molar-refractivity contribution in [3.8, 4) is 0 Å². The fraction of sp³-hybridized carbons (Fsp3) is 0.304. The van der Waals surface area contributed by atoms with Crippen LogP contribution in [0.1, 0.15) is 23.6 Å². The number of non-ortho nitro benzene ring substituents is 1. The lowest BCUT2D eigenvalue weighted by molar-refractivity contribution is -0.384. The molecule has 1 aliphatic heterocycles. The van der Waals surface area contributed by atoms with Gasteiger partial charge in [-0.2, -0.15) is 0 Å². The van der Waals surface area contributed by atoms with E-state index in [0.717, 1.165) is 5.69 Å². The summed E-state index contributed by atoms with van der Waals surface area (Å²) >= 11 is 0. The van der Waals surface area contributed by atoms with Crippen molar-refractivity contribution < 1.29 is 24.4 Å². The van der Waals surface area contributed by atoms with E-state index in [1.165, 1.54) is 29.2 Å². The molecule has 0 spiro atoms. The van der Waals surface area contributed by atoms with Crippen molar-refractivity contribution in [1.82, 2.24) is 4.90 Å². The van der Waals surface area contributed by atoms with Crippen molar-refractivity contribution >= 4 is 28.8 Å². The van der Waals surface area contributed by atoms with Crippen LogP contribution in [-0.4, -0.2) is 61.0 Å². The zero-order chi connectivity index (χ0) is 23.4. The number of ether oxygens (including phenoxy) is 1. The van der Waals surface area contributed by atoms with Gasteiger partial charge in [0.25, 0.3) is 17.4 Å². The van der Waals surface area contributed by atoms with E-state index in [0.29, 0.717) is 18.6 Å². The summed E-state index contributed by atoms with van der Waals surface area (Å²) in [5.74, 6) is -1.86. The van der Waals surface area contributed by atoms with Crippen LogP contribution in [0.3, 0.4) is 0 Å². The molecule has 0 bridgehead atoms. The second-order valence-electron chi connectivity index (χ2n) is 7.63. The first kappa shape index (κ1) is 23.0. The molecule has 1 amide bonds. The lowest BCUT2D eigenvalue weighted by atomic mass is 9.95. The average Bonchev–Trinajstić information content (AvgIpc) is 3.04. The number of Topliss-reactive ketones (excluding diaryl/α,β-unsaturated/α-hetero) is 1. The summed E-state index contributed by atoms with van der Waals surface area (Å²) in [5, 5.41) is 21.9. The predicted octanol–water partition coefficient (Wildman–Crippen LogP) is 3.12. The quantitative estimate of drug-likeness (QED) is 0.168. The number of rotatable bonds is 8. The van der Waals surface area contributed by atoms with E-state index >= 15 is 0 Å². The molecule has 9 heteroatoms. The van der Waals surface area contributed by atoms with Crippen molar-refractivity contribution in [2.75, 3.05) is 39.3 Å². The standard InChI is InChI=1S/C23H25N3O6/c1-24(2)17-9-5-15(6-10-17)20-19(22(28)23(29)25(20)13-4-14-32-3)21(27)16-7-11-18(12-8-16)26(30)31/h5-12,20,27H,4,13-14H2,1-3H3/b21-19-. The number of aliphatic hydroxyl groups excluding tert-OH is 1. The van der Waals surface area contributed by atoms with Crippen molar-refractivity contribution in [2.24, 2.45) is 0 Å². The molecule has 0 aromatic heterocycles. The van der Waals surface area contributed by atoms with Crippen LogP contribution in [0.4, 0.5) is 11.4 Å². The largest absolute Gasteiger partial charge is 0.507 e. The number of nitro benzene ring substituents is 1. The van der Waals surface area contributed by atoms with Crippen LogP contribution in [-0.2, 0) is 14.3 Å². The summed E-state index contributed by atoms with van der Waals surface area (Å²) < 4.78 is 5.08. The normalized spacial score (nSPS) is 17.6. The van der Waals surface area contributed by atoms with Gasteiger partial charge < -0.3 is 19.6 Å². The number of ketones is 1. The number of likely N-dealkylation sites (tertiary alicyclic amines) is 1. The number of carbonyl (C=O) groups is 2. The van der Waals surface area contributed by atoms with Gasteiger partial charge in [0, 0.05) is 57.7 Å². The van der Waals surface area contributed by atoms with E-state index in [-0.39, 0.29) is 29.1 Å². The molecule has 168 valence electrons. The van der Waals surface area contributed by atoms with Crippen LogP contribution in [0.25, 0.3) is 5.76 Å². The number of anilines is 1. The van der Waals surface area contributed by atoms with Crippen molar-refractivity contribution in [3.05, 3.63) is 75.3 Å². The molecule has 1 N–H and O–H groups in total. The third-order valence-electron chi connectivity index (χ3n) is 5.36. The van der Waals surface area contributed by atoms with E-state index in [4.69, 9.17) is 4.74 Å². The van der Waals surface area contributed by atoms with Crippen LogP contribution in [0.15, 0.2) is 54.1 Å². The number of nitrogens with zero attached hydrogens (tertiary/aromatic N) is 3. The highest BCUT2D eigenvalue weighted by atomic mass is 16.6. The minimum absolute atomic E-state index is 0.0427. The van der Waals surface area contributed by atoms with Crippen molar-refractivity contribution in [1.29, 1.82) is 0 Å². The van der Waals surface area contributed by atoms with Gasteiger partial charge in [-0.3, -0.25) is 19.7 Å². The fourth-order valence-corrected chi connectivity index (χ4v) is 3.69. The topological polar surface area (TPSA) is 113 Å². The number of methoxy groups -OCH3 is 1. The lowest BCUT2D eigenvalue weighted by Gasteiger charge is -2.26. The van der Waals surface area contributed by atoms with Gasteiger partial charge in [0.2, 0.25) is 0 Å². The average molecular weight is 439 g/mol. The van der Waals surface area contributed by atoms with Gasteiger partial charge >= 0.3 is 0 Å². The summed E-state index contributed by atoms with van der Waals surface area (Å²) in [6, 6.07) is 11.8. The van der Waals surface area contributed by atoms with Crippen LogP contribution in [0.2, 0.25) is 0 Å². The molecular weight excluding hydrogens is 414 g/mol. The Hall–Kier alpha value is -3.72. The van der Waals surface area contributed by atoms with Crippen LogP contribution < -0.4 is 4.90 Å². The minimum atomic E-state index is -0.792. The van der Waals surface area contributed by atoms with E-state index < -0.39 is 22.7 Å². The Bertz CT molecular complexity index is 1040. The number of amides is 1. The van der Waals surface area contributed by atoms with Gasteiger partial charge in [0.05, 0.1) is 16.5 Å². The summed E-state index contributed by atoms with van der Waals surface area (Å²) in [4.78, 5) is 39.5. The molecule has 1 saturated heterocycles. The molecule has 9 nitrogen and oxygen atoms in total. The predicted molar refractivity (Wildman–Crippen MR) is 119 cm³/mol. The second kappa shape index (κ2) is 9.61. The van der Waals surface area contributed by atoms with Gasteiger partial charge in [-0.25, -0.2) is 0 Å². The Morgan fingerprint density at radius 2 is 1.75 bits per heavy atom. The molecule has 1 unspecified atom stereocenters. The van der Waals surface area contributed by atoms with Crippen LogP contribution in [0, 0.1) is 10.1 Å².